The fraction of sp³-hybridized carbons (Fsp3) is 0.500. The molecule has 0 saturated carbocycles. The summed E-state index contributed by atoms with van der Waals surface area (Å²) in [6.07, 6.45) is 1.78. The summed E-state index contributed by atoms with van der Waals surface area (Å²) in [5.41, 5.74) is 4.50. The molecular formula is C18H26N2O2. The first-order chi connectivity index (χ1) is 10.6. The summed E-state index contributed by atoms with van der Waals surface area (Å²) in [6.45, 7) is 8.83. The Labute approximate surface area is 132 Å². The topological polar surface area (TPSA) is 50.4 Å². The highest BCUT2D eigenvalue weighted by molar-refractivity contribution is 5.85. The number of hydrogen-bond acceptors (Lipinski definition) is 3. The van der Waals surface area contributed by atoms with E-state index in [9.17, 15) is 4.79 Å². The minimum Gasteiger partial charge on any atom is -0.449 e. The van der Waals surface area contributed by atoms with Gasteiger partial charge in [-0.1, -0.05) is 17.7 Å². The van der Waals surface area contributed by atoms with Gasteiger partial charge in [0.2, 0.25) is 0 Å². The average molecular weight is 302 g/mol. The zero-order valence-electron chi connectivity index (χ0n) is 13.7. The van der Waals surface area contributed by atoms with Crippen molar-refractivity contribution in [1.29, 1.82) is 0 Å². The predicted octanol–water partition coefficient (Wildman–Crippen LogP) is 4.05. The lowest BCUT2D eigenvalue weighted by molar-refractivity contribution is 0.131. The molecule has 120 valence electrons. The van der Waals surface area contributed by atoms with Gasteiger partial charge in [0.15, 0.2) is 0 Å². The van der Waals surface area contributed by atoms with Gasteiger partial charge < -0.3 is 10.1 Å². The molecule has 1 fully saturated rings. The monoisotopic (exact) mass is 302 g/mol. The van der Waals surface area contributed by atoms with Gasteiger partial charge in [0.05, 0.1) is 6.61 Å². The van der Waals surface area contributed by atoms with E-state index in [1.165, 1.54) is 16.7 Å². The first kappa shape index (κ1) is 16.6. The summed E-state index contributed by atoms with van der Waals surface area (Å²) in [6, 6.07) is 7.86. The molecule has 0 unspecified atom stereocenters. The predicted molar refractivity (Wildman–Crippen MR) is 90.9 cm³/mol. The summed E-state index contributed by atoms with van der Waals surface area (Å²) in [4.78, 5) is 11.8. The number of rotatable bonds is 4. The third-order valence-corrected chi connectivity index (χ3v) is 4.22. The highest BCUT2D eigenvalue weighted by Crippen LogP contribution is 2.20. The highest BCUT2D eigenvalue weighted by Gasteiger charge is 2.15. The van der Waals surface area contributed by atoms with Gasteiger partial charge in [-0.05, 0) is 75.9 Å². The van der Waals surface area contributed by atoms with E-state index in [1.54, 1.807) is 0 Å². The summed E-state index contributed by atoms with van der Waals surface area (Å²) < 4.78 is 5.31. The average Bonchev–Trinajstić information content (AvgIpc) is 2.54. The third-order valence-electron chi connectivity index (χ3n) is 4.22. The smallest absolute Gasteiger partial charge is 0.411 e. The van der Waals surface area contributed by atoms with E-state index in [-0.39, 0.29) is 6.09 Å². The molecule has 0 atom stereocenters. The van der Waals surface area contributed by atoms with Crippen molar-refractivity contribution in [2.45, 2.75) is 33.6 Å². The van der Waals surface area contributed by atoms with Crippen molar-refractivity contribution in [3.63, 3.8) is 0 Å². The van der Waals surface area contributed by atoms with E-state index in [0.29, 0.717) is 12.5 Å². The maximum absolute atomic E-state index is 11.8. The molecule has 4 nitrogen and oxygen atoms in total. The normalized spacial score (nSPS) is 15.2. The quantitative estimate of drug-likeness (QED) is 0.882. The molecular weight excluding hydrogens is 276 g/mol. The molecule has 0 aromatic heterocycles. The molecule has 0 radical (unpaired) electrons. The van der Waals surface area contributed by atoms with Crippen LogP contribution in [-0.2, 0) is 4.74 Å². The van der Waals surface area contributed by atoms with E-state index in [1.807, 2.05) is 24.3 Å². The molecule has 22 heavy (non-hydrogen) atoms. The molecule has 4 heteroatoms. The van der Waals surface area contributed by atoms with Gasteiger partial charge >= 0.3 is 6.09 Å². The van der Waals surface area contributed by atoms with E-state index in [4.69, 9.17) is 4.74 Å². The number of allylic oxidation sites excluding steroid dienone is 2. The lowest BCUT2D eigenvalue weighted by atomic mass is 9.99. The standard InChI is InChI=1S/C18H26N2O2/c1-13(2)14(3)16-4-6-17(7-5-16)20-18(21)22-12-15-8-10-19-11-9-15/h4-7,15,19H,8-12H2,1-3H3,(H,20,21). The number of amides is 1. The van der Waals surface area contributed by atoms with Gasteiger partial charge in [-0.15, -0.1) is 0 Å². The van der Waals surface area contributed by atoms with Crippen molar-refractivity contribution < 1.29 is 9.53 Å². The van der Waals surface area contributed by atoms with E-state index >= 15 is 0 Å². The van der Waals surface area contributed by atoms with Crippen molar-refractivity contribution in [3.8, 4) is 0 Å². The largest absolute Gasteiger partial charge is 0.449 e. The molecule has 0 spiro atoms. The second-order valence-corrected chi connectivity index (χ2v) is 6.12. The number of benzene rings is 1. The van der Waals surface area contributed by atoms with Crippen molar-refractivity contribution in [2.75, 3.05) is 25.0 Å². The van der Waals surface area contributed by atoms with E-state index in [0.717, 1.165) is 31.6 Å². The Morgan fingerprint density at radius 1 is 1.18 bits per heavy atom. The second-order valence-electron chi connectivity index (χ2n) is 6.12. The van der Waals surface area contributed by atoms with E-state index < -0.39 is 0 Å². The third kappa shape index (κ3) is 4.88. The van der Waals surface area contributed by atoms with Crippen LogP contribution in [-0.4, -0.2) is 25.8 Å². The fourth-order valence-corrected chi connectivity index (χ4v) is 2.49. The van der Waals surface area contributed by atoms with Crippen LogP contribution in [0.25, 0.3) is 5.57 Å². The molecule has 1 aromatic carbocycles. The number of anilines is 1. The lowest BCUT2D eigenvalue weighted by Gasteiger charge is -2.22. The van der Waals surface area contributed by atoms with Crippen LogP contribution in [0.1, 0.15) is 39.2 Å². The highest BCUT2D eigenvalue weighted by atomic mass is 16.5. The Hall–Kier alpha value is -1.81. The summed E-state index contributed by atoms with van der Waals surface area (Å²) in [5, 5.41) is 6.09. The van der Waals surface area contributed by atoms with Gasteiger partial charge in [0.25, 0.3) is 0 Å². The molecule has 1 heterocycles. The van der Waals surface area contributed by atoms with Crippen molar-refractivity contribution >= 4 is 17.4 Å². The fourth-order valence-electron chi connectivity index (χ4n) is 2.49. The van der Waals surface area contributed by atoms with Crippen LogP contribution < -0.4 is 10.6 Å². The maximum atomic E-state index is 11.8. The Balaban J connectivity index is 1.82. The Morgan fingerprint density at radius 3 is 2.41 bits per heavy atom. The maximum Gasteiger partial charge on any atom is 0.411 e. The number of hydrogen-bond donors (Lipinski definition) is 2. The molecule has 1 aliphatic rings. The Morgan fingerprint density at radius 2 is 1.82 bits per heavy atom. The zero-order chi connectivity index (χ0) is 15.9. The first-order valence-electron chi connectivity index (χ1n) is 7.95. The van der Waals surface area contributed by atoms with Crippen LogP contribution in [0.2, 0.25) is 0 Å². The first-order valence-corrected chi connectivity index (χ1v) is 7.95. The van der Waals surface area contributed by atoms with Gasteiger partial charge in [-0.25, -0.2) is 4.79 Å². The van der Waals surface area contributed by atoms with Gasteiger partial charge in [-0.2, -0.15) is 0 Å². The van der Waals surface area contributed by atoms with Crippen LogP contribution in [0.5, 0.6) is 0 Å². The molecule has 2 N–H and O–H groups in total. The van der Waals surface area contributed by atoms with Crippen LogP contribution in [0.3, 0.4) is 0 Å². The summed E-state index contributed by atoms with van der Waals surface area (Å²) in [7, 11) is 0. The summed E-state index contributed by atoms with van der Waals surface area (Å²) in [5.74, 6) is 0.481. The van der Waals surface area contributed by atoms with Crippen LogP contribution in [0, 0.1) is 5.92 Å². The Kier molecular flexibility index (Phi) is 6.01. The molecule has 1 saturated heterocycles. The number of nitrogens with one attached hydrogen (secondary N) is 2. The summed E-state index contributed by atoms with van der Waals surface area (Å²) >= 11 is 0. The van der Waals surface area contributed by atoms with Crippen molar-refractivity contribution in [2.24, 2.45) is 5.92 Å². The van der Waals surface area contributed by atoms with E-state index in [2.05, 4.69) is 31.4 Å². The molecule has 2 rings (SSSR count). The lowest BCUT2D eigenvalue weighted by Crippen LogP contribution is -2.31. The van der Waals surface area contributed by atoms with Crippen molar-refractivity contribution in [1.82, 2.24) is 5.32 Å². The number of ether oxygens (including phenoxy) is 1. The van der Waals surface area contributed by atoms with Crippen LogP contribution in [0.15, 0.2) is 29.8 Å². The number of carbonyl (C=O) groups is 1. The molecule has 0 aliphatic carbocycles. The van der Waals surface area contributed by atoms with Gasteiger partial charge in [0.1, 0.15) is 0 Å². The second kappa shape index (κ2) is 7.99. The number of carbonyl (C=O) groups excluding carboxylic acids is 1. The Bertz CT molecular complexity index is 525. The molecule has 1 aliphatic heterocycles. The molecule has 1 aromatic rings. The molecule has 1 amide bonds. The minimum atomic E-state index is -0.370. The SMILES string of the molecule is CC(C)=C(C)c1ccc(NC(=O)OCC2CCNCC2)cc1. The number of piperidine rings is 1. The van der Waals surface area contributed by atoms with Crippen LogP contribution >= 0.6 is 0 Å². The minimum absolute atomic E-state index is 0.370. The van der Waals surface area contributed by atoms with Gasteiger partial charge in [0, 0.05) is 5.69 Å². The van der Waals surface area contributed by atoms with Crippen molar-refractivity contribution in [3.05, 3.63) is 35.4 Å². The molecule has 0 bridgehead atoms. The zero-order valence-corrected chi connectivity index (χ0v) is 13.7. The van der Waals surface area contributed by atoms with Crippen LogP contribution in [0.4, 0.5) is 10.5 Å². The van der Waals surface area contributed by atoms with Gasteiger partial charge in [-0.3, -0.25) is 5.32 Å².